The van der Waals surface area contributed by atoms with Gasteiger partial charge in [0.15, 0.2) is 17.3 Å². The summed E-state index contributed by atoms with van der Waals surface area (Å²) >= 11 is 0. The van der Waals surface area contributed by atoms with Crippen LogP contribution in [0.25, 0.3) is 11.5 Å². The van der Waals surface area contributed by atoms with Crippen LogP contribution in [-0.2, 0) is 11.8 Å². The molecule has 1 amide bonds. The number of amides is 1. The number of ether oxygens (including phenoxy) is 1. The summed E-state index contributed by atoms with van der Waals surface area (Å²) in [6.07, 6.45) is 1.78. The van der Waals surface area contributed by atoms with E-state index in [1.165, 1.54) is 24.0 Å². The molecule has 0 fully saturated rings. The van der Waals surface area contributed by atoms with Crippen molar-refractivity contribution in [2.45, 2.75) is 13.0 Å². The molecule has 3 rings (SSSR count). The van der Waals surface area contributed by atoms with E-state index in [4.69, 9.17) is 4.74 Å². The minimum Gasteiger partial charge on any atom is -0.441 e. The molecule has 9 nitrogen and oxygen atoms in total. The van der Waals surface area contributed by atoms with Gasteiger partial charge in [-0.1, -0.05) is 5.21 Å². The Hall–Kier alpha value is -3.50. The van der Waals surface area contributed by atoms with Gasteiger partial charge in [0.1, 0.15) is 11.9 Å². The summed E-state index contributed by atoms with van der Waals surface area (Å²) in [5.41, 5.74) is 0.0474. The summed E-state index contributed by atoms with van der Waals surface area (Å²) in [6.45, 7) is 1.39. The zero-order valence-corrected chi connectivity index (χ0v) is 13.7. The van der Waals surface area contributed by atoms with E-state index < -0.39 is 24.0 Å². The highest BCUT2D eigenvalue weighted by Gasteiger charge is 2.21. The van der Waals surface area contributed by atoms with E-state index in [0.29, 0.717) is 0 Å². The molecule has 0 unspecified atom stereocenters. The summed E-state index contributed by atoms with van der Waals surface area (Å²) < 4.78 is 33.3. The molecule has 0 saturated carbocycles. The lowest BCUT2D eigenvalue weighted by atomic mass is 10.2. The second kappa shape index (κ2) is 7.17. The monoisotopic (exact) mass is 361 g/mol. The predicted octanol–water partition coefficient (Wildman–Crippen LogP) is 2.25. The van der Waals surface area contributed by atoms with Crippen LogP contribution in [0.15, 0.2) is 30.7 Å². The Morgan fingerprint density at radius 3 is 2.73 bits per heavy atom. The highest BCUT2D eigenvalue weighted by molar-refractivity contribution is 5.87. The third-order valence-electron chi connectivity index (χ3n) is 3.38. The van der Waals surface area contributed by atoms with Gasteiger partial charge in [-0.05, 0) is 19.1 Å². The van der Waals surface area contributed by atoms with Crippen LogP contribution in [0, 0.1) is 11.8 Å². The molecular weight excluding hydrogens is 348 g/mol. The average molecular weight is 361 g/mol. The molecule has 0 aliphatic heterocycles. The minimum atomic E-state index is -1.07. The number of aromatic nitrogens is 6. The Labute approximate surface area is 146 Å². The van der Waals surface area contributed by atoms with Gasteiger partial charge in [-0.2, -0.15) is 4.39 Å². The first-order chi connectivity index (χ1) is 12.5. The van der Waals surface area contributed by atoms with Crippen LogP contribution in [0.1, 0.15) is 18.6 Å². The van der Waals surface area contributed by atoms with Gasteiger partial charge in [-0.15, -0.1) is 5.10 Å². The molecule has 3 heterocycles. The number of pyridine rings is 1. The van der Waals surface area contributed by atoms with E-state index >= 15 is 0 Å². The maximum atomic E-state index is 13.7. The Bertz CT molecular complexity index is 933. The Morgan fingerprint density at radius 1 is 1.27 bits per heavy atom. The molecule has 0 bridgehead atoms. The molecule has 134 valence electrons. The lowest BCUT2D eigenvalue weighted by Gasteiger charge is -2.14. The first-order valence-corrected chi connectivity index (χ1v) is 7.41. The summed E-state index contributed by atoms with van der Waals surface area (Å²) in [5, 5.41) is 10.2. The molecular formula is C15H13F2N7O2. The van der Waals surface area contributed by atoms with Crippen molar-refractivity contribution in [3.8, 4) is 11.5 Å². The van der Waals surface area contributed by atoms with Gasteiger partial charge in [0.2, 0.25) is 5.95 Å². The van der Waals surface area contributed by atoms with Crippen LogP contribution < -0.4 is 5.32 Å². The van der Waals surface area contributed by atoms with E-state index in [1.807, 2.05) is 0 Å². The van der Waals surface area contributed by atoms with Crippen molar-refractivity contribution in [1.29, 1.82) is 0 Å². The predicted molar refractivity (Wildman–Crippen MR) is 84.7 cm³/mol. The first-order valence-electron chi connectivity index (χ1n) is 7.41. The van der Waals surface area contributed by atoms with Crippen molar-refractivity contribution >= 4 is 11.9 Å². The van der Waals surface area contributed by atoms with E-state index in [9.17, 15) is 13.6 Å². The van der Waals surface area contributed by atoms with E-state index in [-0.39, 0.29) is 22.9 Å². The van der Waals surface area contributed by atoms with Gasteiger partial charge >= 0.3 is 6.09 Å². The topological polar surface area (TPSA) is 108 Å². The van der Waals surface area contributed by atoms with Crippen LogP contribution in [0.2, 0.25) is 0 Å². The highest BCUT2D eigenvalue weighted by atomic mass is 19.1. The maximum absolute atomic E-state index is 13.7. The lowest BCUT2D eigenvalue weighted by molar-refractivity contribution is 0.118. The minimum absolute atomic E-state index is 0.185. The summed E-state index contributed by atoms with van der Waals surface area (Å²) in [7, 11) is 1.55. The van der Waals surface area contributed by atoms with E-state index in [0.717, 1.165) is 12.3 Å². The first kappa shape index (κ1) is 17.3. The van der Waals surface area contributed by atoms with Crippen LogP contribution >= 0.6 is 0 Å². The number of nitrogens with one attached hydrogen (secondary N) is 1. The molecule has 3 aromatic rings. The normalized spacial score (nSPS) is 11.8. The molecule has 0 aliphatic rings. The van der Waals surface area contributed by atoms with Gasteiger partial charge in [-0.3, -0.25) is 5.32 Å². The van der Waals surface area contributed by atoms with Crippen molar-refractivity contribution in [3.05, 3.63) is 48.1 Å². The van der Waals surface area contributed by atoms with Crippen LogP contribution in [0.4, 0.5) is 19.4 Å². The molecule has 0 saturated heterocycles. The summed E-state index contributed by atoms with van der Waals surface area (Å²) in [4.78, 5) is 23.5. The molecule has 1 N–H and O–H groups in total. The third-order valence-corrected chi connectivity index (χ3v) is 3.38. The quantitative estimate of drug-likeness (QED) is 0.710. The van der Waals surface area contributed by atoms with Gasteiger partial charge in [0.25, 0.3) is 0 Å². The number of carbonyl (C=O) groups is 1. The van der Waals surface area contributed by atoms with Gasteiger partial charge < -0.3 is 4.74 Å². The largest absolute Gasteiger partial charge is 0.441 e. The van der Waals surface area contributed by atoms with Crippen LogP contribution in [-0.4, -0.2) is 36.0 Å². The SMILES string of the molecule is C[C@@H](OC(=O)Nc1c(-c2ncccn2)nnn1C)c1cc(F)cnc1F. The van der Waals surface area contributed by atoms with Gasteiger partial charge in [-0.25, -0.2) is 28.8 Å². The summed E-state index contributed by atoms with van der Waals surface area (Å²) in [5.74, 6) is -1.22. The lowest BCUT2D eigenvalue weighted by Crippen LogP contribution is -2.19. The fraction of sp³-hybridized carbons (Fsp3) is 0.200. The number of halogens is 2. The molecule has 0 aromatic carbocycles. The number of nitrogens with zero attached hydrogens (tertiary/aromatic N) is 6. The zero-order valence-electron chi connectivity index (χ0n) is 13.7. The smallest absolute Gasteiger partial charge is 0.413 e. The van der Waals surface area contributed by atoms with E-state index in [1.54, 1.807) is 13.1 Å². The molecule has 3 aromatic heterocycles. The van der Waals surface area contributed by atoms with Crippen molar-refractivity contribution < 1.29 is 18.3 Å². The molecule has 1 atom stereocenters. The number of hydrogen-bond donors (Lipinski definition) is 1. The molecule has 11 heteroatoms. The van der Waals surface area contributed by atoms with Gasteiger partial charge in [0, 0.05) is 19.4 Å². The molecule has 26 heavy (non-hydrogen) atoms. The zero-order chi connectivity index (χ0) is 18.7. The van der Waals surface area contributed by atoms with Gasteiger partial charge in [0.05, 0.1) is 11.8 Å². The number of carbonyl (C=O) groups excluding carboxylic acids is 1. The molecule has 0 radical (unpaired) electrons. The van der Waals surface area contributed by atoms with Crippen LogP contribution in [0.3, 0.4) is 0 Å². The third kappa shape index (κ3) is 3.61. The number of aryl methyl sites for hydroxylation is 1. The second-order valence-electron chi connectivity index (χ2n) is 5.19. The fourth-order valence-corrected chi connectivity index (χ4v) is 2.14. The number of anilines is 1. The Balaban J connectivity index is 1.77. The van der Waals surface area contributed by atoms with Crippen LogP contribution in [0.5, 0.6) is 0 Å². The Kier molecular flexibility index (Phi) is 4.78. The van der Waals surface area contributed by atoms with Crippen molar-refractivity contribution in [2.24, 2.45) is 7.05 Å². The average Bonchev–Trinajstić information content (AvgIpc) is 2.98. The Morgan fingerprint density at radius 2 is 2.00 bits per heavy atom. The number of hydrogen-bond acceptors (Lipinski definition) is 7. The molecule has 0 aliphatic carbocycles. The second-order valence-corrected chi connectivity index (χ2v) is 5.19. The molecule has 0 spiro atoms. The highest BCUT2D eigenvalue weighted by Crippen LogP contribution is 2.23. The van der Waals surface area contributed by atoms with Crippen molar-refractivity contribution in [2.75, 3.05) is 5.32 Å². The fourth-order valence-electron chi connectivity index (χ4n) is 2.14. The van der Waals surface area contributed by atoms with E-state index in [2.05, 4.69) is 30.6 Å². The maximum Gasteiger partial charge on any atom is 0.413 e. The van der Waals surface area contributed by atoms with Crippen molar-refractivity contribution in [1.82, 2.24) is 29.9 Å². The standard InChI is InChI=1S/C15H13F2N7O2/c1-8(10-6-9(16)7-20-12(10)17)26-15(25)21-14-11(22-23-24(14)2)13-18-4-3-5-19-13/h3-8H,1-2H3,(H,21,25)/t8-/m1/s1. The number of rotatable bonds is 4. The summed E-state index contributed by atoms with van der Waals surface area (Å²) in [6, 6.07) is 2.54. The van der Waals surface area contributed by atoms with Crippen molar-refractivity contribution in [3.63, 3.8) is 0 Å².